The highest BCUT2D eigenvalue weighted by molar-refractivity contribution is 7.84. The van der Waals surface area contributed by atoms with Gasteiger partial charge in [0.1, 0.15) is 23.4 Å². The highest BCUT2D eigenvalue weighted by atomic mass is 35.5. The van der Waals surface area contributed by atoms with Crippen LogP contribution in [0.3, 0.4) is 0 Å². The number of halogens is 2. The lowest BCUT2D eigenvalue weighted by Gasteiger charge is -2.25. The zero-order valence-corrected chi connectivity index (χ0v) is 23.2. The van der Waals surface area contributed by atoms with Crippen LogP contribution in [-0.2, 0) is 20.9 Å². The van der Waals surface area contributed by atoms with Gasteiger partial charge in [-0.2, -0.15) is 13.1 Å². The summed E-state index contributed by atoms with van der Waals surface area (Å²) in [4.78, 5) is 26.7. The van der Waals surface area contributed by atoms with E-state index in [-0.39, 0.29) is 42.1 Å². The Hall–Kier alpha value is -2.23. The van der Waals surface area contributed by atoms with Crippen molar-refractivity contribution in [1.29, 1.82) is 0 Å². The summed E-state index contributed by atoms with van der Waals surface area (Å²) in [5.41, 5.74) is 2.80. The zero-order valence-electron chi connectivity index (χ0n) is 20.0. The van der Waals surface area contributed by atoms with E-state index in [2.05, 4.69) is 30.3 Å². The van der Waals surface area contributed by atoms with Gasteiger partial charge < -0.3 is 15.7 Å². The lowest BCUT2D eigenvalue weighted by Crippen LogP contribution is -2.31. The standard InChI is InChI=1S/C23H24Cl2N6O5S2/c1-26-38(34,35)36-16-7-12(6-15(16)32)30-23-14(9-27-10-29-23)21(33)17-8-13(22(25)37-17)20-19-11(4-5-28-20)2-3-18(24)31-19/h2-3,8-10,12,15-16,20,26,28,32H,4-7H2,1H3,(H,27,29,30)/t12-,15+,16-,20-/m1/s1. The molecule has 0 aromatic carbocycles. The van der Waals surface area contributed by atoms with E-state index in [1.54, 1.807) is 12.1 Å². The topological polar surface area (TPSA) is 155 Å². The predicted molar refractivity (Wildman–Crippen MR) is 143 cm³/mol. The van der Waals surface area contributed by atoms with Crippen LogP contribution in [0.15, 0.2) is 30.7 Å². The van der Waals surface area contributed by atoms with Gasteiger partial charge in [0.05, 0.1) is 32.6 Å². The molecule has 1 saturated carbocycles. The minimum absolute atomic E-state index is 0.191. The van der Waals surface area contributed by atoms with E-state index in [0.717, 1.165) is 41.1 Å². The molecule has 4 N–H and O–H groups in total. The molecule has 1 fully saturated rings. The number of hydrogen-bond acceptors (Lipinski definition) is 11. The van der Waals surface area contributed by atoms with Crippen LogP contribution in [0.5, 0.6) is 0 Å². The number of aromatic nitrogens is 3. The smallest absolute Gasteiger partial charge is 0.335 e. The molecule has 3 aromatic heterocycles. The van der Waals surface area contributed by atoms with E-state index in [1.165, 1.54) is 19.6 Å². The maximum Gasteiger partial charge on any atom is 0.335 e. The molecule has 0 amide bonds. The first-order chi connectivity index (χ1) is 18.1. The van der Waals surface area contributed by atoms with E-state index < -0.39 is 22.5 Å². The molecule has 0 bridgehead atoms. The first-order valence-electron chi connectivity index (χ1n) is 11.7. The Balaban J connectivity index is 1.37. The average Bonchev–Trinajstić information content (AvgIpc) is 3.44. The van der Waals surface area contributed by atoms with Gasteiger partial charge in [0.2, 0.25) is 5.78 Å². The monoisotopic (exact) mass is 598 g/mol. The number of aliphatic hydroxyl groups excluding tert-OH is 1. The van der Waals surface area contributed by atoms with E-state index in [1.807, 2.05) is 6.07 Å². The van der Waals surface area contributed by atoms with E-state index in [4.69, 9.17) is 27.4 Å². The van der Waals surface area contributed by atoms with Crippen molar-refractivity contribution in [1.82, 2.24) is 25.0 Å². The summed E-state index contributed by atoms with van der Waals surface area (Å²) < 4.78 is 31.0. The van der Waals surface area contributed by atoms with Gasteiger partial charge in [0.15, 0.2) is 0 Å². The zero-order chi connectivity index (χ0) is 27.0. The third kappa shape index (κ3) is 5.70. The van der Waals surface area contributed by atoms with Crippen molar-refractivity contribution < 1.29 is 22.5 Å². The summed E-state index contributed by atoms with van der Waals surface area (Å²) >= 11 is 13.9. The largest absolute Gasteiger partial charge is 0.390 e. The minimum Gasteiger partial charge on any atom is -0.390 e. The Kier molecular flexibility index (Phi) is 7.99. The summed E-state index contributed by atoms with van der Waals surface area (Å²) in [6.07, 6.45) is 1.97. The third-order valence-corrected chi connectivity index (χ3v) is 9.11. The molecule has 0 radical (unpaired) electrons. The second-order valence-electron chi connectivity index (χ2n) is 8.94. The van der Waals surface area contributed by atoms with Crippen LogP contribution < -0.4 is 15.4 Å². The number of thiophene rings is 1. The summed E-state index contributed by atoms with van der Waals surface area (Å²) in [5.74, 6) is -0.0644. The van der Waals surface area contributed by atoms with Crippen LogP contribution in [0.1, 0.15) is 50.9 Å². The second-order valence-corrected chi connectivity index (χ2v) is 12.5. The van der Waals surface area contributed by atoms with Crippen molar-refractivity contribution in [2.24, 2.45) is 0 Å². The number of carbonyl (C=O) groups excluding carboxylic acids is 1. The molecule has 1 aliphatic carbocycles. The van der Waals surface area contributed by atoms with Crippen molar-refractivity contribution in [2.75, 3.05) is 18.9 Å². The maximum absolute atomic E-state index is 13.6. The molecule has 0 saturated heterocycles. The fraction of sp³-hybridized carbons (Fsp3) is 0.391. The Morgan fingerprint density at radius 1 is 1.29 bits per heavy atom. The lowest BCUT2D eigenvalue weighted by molar-refractivity contribution is 0.0636. The molecule has 2 aliphatic rings. The van der Waals surface area contributed by atoms with Gasteiger partial charge in [0, 0.05) is 31.4 Å². The molecular weight excluding hydrogens is 575 g/mol. The Morgan fingerprint density at radius 2 is 2.11 bits per heavy atom. The van der Waals surface area contributed by atoms with Crippen LogP contribution in [-0.4, -0.2) is 66.1 Å². The third-order valence-electron chi connectivity index (χ3n) is 6.51. The van der Waals surface area contributed by atoms with Crippen LogP contribution in [0.25, 0.3) is 0 Å². The van der Waals surface area contributed by atoms with E-state index in [9.17, 15) is 18.3 Å². The van der Waals surface area contributed by atoms with Gasteiger partial charge in [-0.3, -0.25) is 8.98 Å². The average molecular weight is 600 g/mol. The molecule has 3 aromatic rings. The predicted octanol–water partition coefficient (Wildman–Crippen LogP) is 2.49. The first kappa shape index (κ1) is 27.3. The highest BCUT2D eigenvalue weighted by Gasteiger charge is 2.37. The molecule has 202 valence electrons. The Bertz CT molecular complexity index is 1470. The maximum atomic E-state index is 13.6. The van der Waals surface area contributed by atoms with Crippen molar-refractivity contribution in [3.05, 3.63) is 67.5 Å². The summed E-state index contributed by atoms with van der Waals surface area (Å²) in [7, 11) is -2.74. The molecule has 0 unspecified atom stereocenters. The molecule has 5 rings (SSSR count). The van der Waals surface area contributed by atoms with Crippen molar-refractivity contribution in [2.45, 2.75) is 43.6 Å². The quantitative estimate of drug-likeness (QED) is 0.224. The van der Waals surface area contributed by atoms with Crippen LogP contribution in [0.4, 0.5) is 5.82 Å². The van der Waals surface area contributed by atoms with Gasteiger partial charge >= 0.3 is 10.3 Å². The van der Waals surface area contributed by atoms with Gasteiger partial charge in [-0.05, 0) is 37.0 Å². The van der Waals surface area contributed by atoms with Crippen LogP contribution in [0.2, 0.25) is 9.49 Å². The fourth-order valence-corrected chi connectivity index (χ4v) is 6.75. The number of ketones is 1. The minimum atomic E-state index is -3.97. The van der Waals surface area contributed by atoms with Gasteiger partial charge in [-0.15, -0.1) is 11.3 Å². The molecule has 4 atom stereocenters. The highest BCUT2D eigenvalue weighted by Crippen LogP contribution is 2.38. The number of anilines is 1. The Morgan fingerprint density at radius 3 is 2.89 bits per heavy atom. The molecular formula is C23H24Cl2N6O5S2. The van der Waals surface area contributed by atoms with Gasteiger partial charge in [-0.25, -0.2) is 15.0 Å². The molecule has 38 heavy (non-hydrogen) atoms. The number of pyridine rings is 1. The van der Waals surface area contributed by atoms with Gasteiger partial charge in [0.25, 0.3) is 0 Å². The van der Waals surface area contributed by atoms with Crippen molar-refractivity contribution in [3.8, 4) is 0 Å². The van der Waals surface area contributed by atoms with Crippen LogP contribution >= 0.6 is 34.5 Å². The number of rotatable bonds is 8. The van der Waals surface area contributed by atoms with Crippen LogP contribution in [0, 0.1) is 0 Å². The SMILES string of the molecule is CNS(=O)(=O)O[C@@H]1C[C@H](Nc2ncncc2C(=O)c2cc([C@H]3NCCc4ccc(Cl)nc43)c(Cl)s2)C[C@@H]1O. The first-order valence-corrected chi connectivity index (χ1v) is 14.7. The van der Waals surface area contributed by atoms with Gasteiger partial charge in [-0.1, -0.05) is 29.3 Å². The summed E-state index contributed by atoms with van der Waals surface area (Å²) in [6, 6.07) is 4.76. The summed E-state index contributed by atoms with van der Waals surface area (Å²) in [5, 5.41) is 17.2. The number of nitrogens with zero attached hydrogens (tertiary/aromatic N) is 3. The molecule has 1 aliphatic heterocycles. The number of hydrogen-bond donors (Lipinski definition) is 4. The second kappa shape index (κ2) is 11.1. The molecule has 4 heterocycles. The summed E-state index contributed by atoms with van der Waals surface area (Å²) in [6.45, 7) is 0.727. The number of fused-ring (bicyclic) bond motifs is 1. The molecule has 11 nitrogen and oxygen atoms in total. The normalized spacial score (nSPS) is 23.3. The number of aliphatic hydroxyl groups is 1. The molecule has 15 heteroatoms. The van der Waals surface area contributed by atoms with E-state index in [0.29, 0.717) is 14.4 Å². The van der Waals surface area contributed by atoms with Crippen molar-refractivity contribution in [3.63, 3.8) is 0 Å². The number of nitrogens with one attached hydrogen (secondary N) is 3. The van der Waals surface area contributed by atoms with E-state index >= 15 is 0 Å². The lowest BCUT2D eigenvalue weighted by atomic mass is 9.95. The van der Waals surface area contributed by atoms with Crippen molar-refractivity contribution >= 4 is 56.4 Å². The molecule has 0 spiro atoms. The fourth-order valence-electron chi connectivity index (χ4n) is 4.68. The number of carbonyl (C=O) groups is 1. The Labute approximate surface area is 233 Å².